The maximum Gasteiger partial charge on any atom is 0.162 e. The van der Waals surface area contributed by atoms with E-state index in [0.717, 1.165) is 11.3 Å². The van der Waals surface area contributed by atoms with Crippen molar-refractivity contribution in [1.29, 1.82) is 0 Å². The molecule has 1 unspecified atom stereocenters. The Morgan fingerprint density at radius 2 is 2.05 bits per heavy atom. The first-order chi connectivity index (χ1) is 10.1. The highest BCUT2D eigenvalue weighted by molar-refractivity contribution is 5.55. The van der Waals surface area contributed by atoms with Gasteiger partial charge in [0.2, 0.25) is 0 Å². The molecule has 2 aromatic rings. The number of hydrogen-bond acceptors (Lipinski definition) is 4. The van der Waals surface area contributed by atoms with Gasteiger partial charge in [-0.3, -0.25) is 4.98 Å². The standard InChI is InChI=1S/C16H19FN2O2/c1-4-21-15-6-5-14(8-16(15)20-3)19-11(2)12-7-13(17)10-18-9-12/h5-11,19H,4H2,1-3H3. The maximum atomic E-state index is 13.2. The molecule has 0 bridgehead atoms. The van der Waals surface area contributed by atoms with Crippen LogP contribution in [0.1, 0.15) is 25.5 Å². The van der Waals surface area contributed by atoms with Gasteiger partial charge in [-0.25, -0.2) is 4.39 Å². The molecule has 2 rings (SSSR count). The second-order valence-electron chi connectivity index (χ2n) is 4.60. The second kappa shape index (κ2) is 6.92. The molecule has 5 heteroatoms. The van der Waals surface area contributed by atoms with Gasteiger partial charge in [-0.05, 0) is 37.6 Å². The molecule has 0 aliphatic rings. The first-order valence-electron chi connectivity index (χ1n) is 6.82. The number of hydrogen-bond donors (Lipinski definition) is 1. The third kappa shape index (κ3) is 3.84. The largest absolute Gasteiger partial charge is 0.493 e. The summed E-state index contributed by atoms with van der Waals surface area (Å²) >= 11 is 0. The quantitative estimate of drug-likeness (QED) is 0.878. The van der Waals surface area contributed by atoms with Crippen LogP contribution in [0, 0.1) is 5.82 Å². The Kier molecular flexibility index (Phi) is 4.98. The number of ether oxygens (including phenoxy) is 2. The molecule has 0 aliphatic heterocycles. The molecule has 0 radical (unpaired) electrons. The fraction of sp³-hybridized carbons (Fsp3) is 0.312. The fourth-order valence-corrected chi connectivity index (χ4v) is 2.03. The number of pyridine rings is 1. The van der Waals surface area contributed by atoms with Crippen molar-refractivity contribution in [3.8, 4) is 11.5 Å². The van der Waals surface area contributed by atoms with Gasteiger partial charge in [-0.2, -0.15) is 0 Å². The molecule has 1 N–H and O–H groups in total. The highest BCUT2D eigenvalue weighted by atomic mass is 19.1. The number of methoxy groups -OCH3 is 1. The van der Waals surface area contributed by atoms with E-state index in [2.05, 4.69) is 10.3 Å². The maximum absolute atomic E-state index is 13.2. The number of aromatic nitrogens is 1. The number of halogens is 1. The summed E-state index contributed by atoms with van der Waals surface area (Å²) in [5.41, 5.74) is 1.65. The topological polar surface area (TPSA) is 43.4 Å². The van der Waals surface area contributed by atoms with Crippen molar-refractivity contribution in [2.75, 3.05) is 19.0 Å². The molecule has 4 nitrogen and oxygen atoms in total. The fourth-order valence-electron chi connectivity index (χ4n) is 2.03. The molecule has 0 saturated carbocycles. The smallest absolute Gasteiger partial charge is 0.162 e. The Bertz CT molecular complexity index is 605. The summed E-state index contributed by atoms with van der Waals surface area (Å²) in [6.07, 6.45) is 2.84. The van der Waals surface area contributed by atoms with E-state index in [1.807, 2.05) is 32.0 Å². The lowest BCUT2D eigenvalue weighted by Crippen LogP contribution is -2.07. The van der Waals surface area contributed by atoms with E-state index in [4.69, 9.17) is 9.47 Å². The average Bonchev–Trinajstić information content (AvgIpc) is 2.49. The summed E-state index contributed by atoms with van der Waals surface area (Å²) in [5.74, 6) is 1.02. The van der Waals surface area contributed by atoms with Gasteiger partial charge < -0.3 is 14.8 Å². The number of nitrogens with one attached hydrogen (secondary N) is 1. The van der Waals surface area contributed by atoms with Gasteiger partial charge in [-0.1, -0.05) is 0 Å². The summed E-state index contributed by atoms with van der Waals surface area (Å²) in [4.78, 5) is 3.86. The third-order valence-corrected chi connectivity index (χ3v) is 3.07. The molecule has 0 spiro atoms. The van der Waals surface area contributed by atoms with Gasteiger partial charge in [-0.15, -0.1) is 0 Å². The van der Waals surface area contributed by atoms with Gasteiger partial charge in [0.25, 0.3) is 0 Å². The molecule has 1 heterocycles. The highest BCUT2D eigenvalue weighted by Gasteiger charge is 2.10. The van der Waals surface area contributed by atoms with Crippen LogP contribution in [0.5, 0.6) is 11.5 Å². The Balaban J connectivity index is 2.15. The number of anilines is 1. The highest BCUT2D eigenvalue weighted by Crippen LogP contribution is 2.31. The normalized spacial score (nSPS) is 11.8. The van der Waals surface area contributed by atoms with Crippen molar-refractivity contribution in [2.45, 2.75) is 19.9 Å². The molecule has 1 aromatic heterocycles. The first kappa shape index (κ1) is 15.1. The second-order valence-corrected chi connectivity index (χ2v) is 4.60. The summed E-state index contributed by atoms with van der Waals surface area (Å²) in [7, 11) is 1.60. The van der Waals surface area contributed by atoms with Crippen LogP contribution in [0.2, 0.25) is 0 Å². The van der Waals surface area contributed by atoms with Crippen LogP contribution in [0.25, 0.3) is 0 Å². The van der Waals surface area contributed by atoms with Gasteiger partial charge in [0, 0.05) is 18.0 Å². The Labute approximate surface area is 123 Å². The zero-order chi connectivity index (χ0) is 15.2. The summed E-state index contributed by atoms with van der Waals surface area (Å²) in [6.45, 7) is 4.44. The average molecular weight is 290 g/mol. The molecule has 0 saturated heterocycles. The van der Waals surface area contributed by atoms with Crippen LogP contribution in [0.15, 0.2) is 36.7 Å². The van der Waals surface area contributed by atoms with Crippen molar-refractivity contribution < 1.29 is 13.9 Å². The SMILES string of the molecule is CCOc1ccc(NC(C)c2cncc(F)c2)cc1OC. The van der Waals surface area contributed by atoms with Gasteiger partial charge in [0.1, 0.15) is 5.82 Å². The Hall–Kier alpha value is -2.30. The van der Waals surface area contributed by atoms with E-state index in [9.17, 15) is 4.39 Å². The Morgan fingerprint density at radius 3 is 2.71 bits per heavy atom. The summed E-state index contributed by atoms with van der Waals surface area (Å²) in [6, 6.07) is 7.00. The van der Waals surface area contributed by atoms with Crippen molar-refractivity contribution in [1.82, 2.24) is 4.98 Å². The lowest BCUT2D eigenvalue weighted by molar-refractivity contribution is 0.311. The van der Waals surface area contributed by atoms with Crippen molar-refractivity contribution in [2.24, 2.45) is 0 Å². The summed E-state index contributed by atoms with van der Waals surface area (Å²) < 4.78 is 24.0. The molecule has 112 valence electrons. The zero-order valence-electron chi connectivity index (χ0n) is 12.4. The van der Waals surface area contributed by atoms with Crippen LogP contribution in [-0.2, 0) is 0 Å². The summed E-state index contributed by atoms with van der Waals surface area (Å²) in [5, 5.41) is 3.29. The predicted octanol–water partition coefficient (Wildman–Crippen LogP) is 3.80. The van der Waals surface area contributed by atoms with Gasteiger partial charge in [0.05, 0.1) is 26.0 Å². The lowest BCUT2D eigenvalue weighted by atomic mass is 10.1. The lowest BCUT2D eigenvalue weighted by Gasteiger charge is -2.17. The van der Waals surface area contributed by atoms with E-state index in [-0.39, 0.29) is 11.9 Å². The molecule has 0 fully saturated rings. The number of nitrogens with zero attached hydrogens (tertiary/aromatic N) is 1. The van der Waals surface area contributed by atoms with E-state index < -0.39 is 0 Å². The van der Waals surface area contributed by atoms with Crippen LogP contribution < -0.4 is 14.8 Å². The first-order valence-corrected chi connectivity index (χ1v) is 6.82. The zero-order valence-corrected chi connectivity index (χ0v) is 12.4. The number of benzene rings is 1. The van der Waals surface area contributed by atoms with Crippen LogP contribution >= 0.6 is 0 Å². The Morgan fingerprint density at radius 1 is 1.24 bits per heavy atom. The van der Waals surface area contributed by atoms with Crippen LogP contribution in [0.4, 0.5) is 10.1 Å². The van der Waals surface area contributed by atoms with Gasteiger partial charge >= 0.3 is 0 Å². The predicted molar refractivity (Wildman–Crippen MR) is 80.4 cm³/mol. The van der Waals surface area contributed by atoms with Crippen LogP contribution in [0.3, 0.4) is 0 Å². The van der Waals surface area contributed by atoms with Crippen molar-refractivity contribution >= 4 is 5.69 Å². The molecule has 21 heavy (non-hydrogen) atoms. The van der Waals surface area contributed by atoms with Crippen LogP contribution in [-0.4, -0.2) is 18.7 Å². The third-order valence-electron chi connectivity index (χ3n) is 3.07. The van der Waals surface area contributed by atoms with Crippen molar-refractivity contribution in [3.05, 3.63) is 48.0 Å². The molecule has 0 aliphatic carbocycles. The molecular formula is C16H19FN2O2. The van der Waals surface area contributed by atoms with E-state index in [1.54, 1.807) is 13.3 Å². The monoisotopic (exact) mass is 290 g/mol. The van der Waals surface area contributed by atoms with E-state index in [0.29, 0.717) is 18.1 Å². The molecular weight excluding hydrogens is 271 g/mol. The minimum atomic E-state index is -0.342. The molecule has 0 amide bonds. The van der Waals surface area contributed by atoms with Crippen molar-refractivity contribution in [3.63, 3.8) is 0 Å². The molecule has 1 aromatic carbocycles. The number of rotatable bonds is 6. The van der Waals surface area contributed by atoms with E-state index in [1.165, 1.54) is 12.3 Å². The molecule has 1 atom stereocenters. The van der Waals surface area contributed by atoms with E-state index >= 15 is 0 Å². The minimum absolute atomic E-state index is 0.0733. The minimum Gasteiger partial charge on any atom is -0.493 e. The van der Waals surface area contributed by atoms with Gasteiger partial charge in [0.15, 0.2) is 11.5 Å².